The summed E-state index contributed by atoms with van der Waals surface area (Å²) in [6.45, 7) is 0.346. The minimum atomic E-state index is -0.339. The fourth-order valence-electron chi connectivity index (χ4n) is 2.11. The third-order valence-electron chi connectivity index (χ3n) is 3.30. The number of carbonyl (C=O) groups excluding carboxylic acids is 1. The molecule has 0 bridgehead atoms. The highest BCUT2D eigenvalue weighted by atomic mass is 16.5. The number of hydrogen-bond acceptors (Lipinski definition) is 6. The molecule has 8 heteroatoms. The Morgan fingerprint density at radius 1 is 1.04 bits per heavy atom. The molecule has 26 heavy (non-hydrogen) atoms. The van der Waals surface area contributed by atoms with Gasteiger partial charge in [-0.1, -0.05) is 6.07 Å². The lowest BCUT2D eigenvalue weighted by molar-refractivity contribution is 0.251. The molecule has 0 aliphatic heterocycles. The number of hydrogen-bond donors (Lipinski definition) is 2. The van der Waals surface area contributed by atoms with E-state index >= 15 is 0 Å². The zero-order valence-corrected chi connectivity index (χ0v) is 14.0. The number of carbonyl (C=O) groups is 1. The Labute approximate surface area is 150 Å². The first-order chi connectivity index (χ1) is 12.7. The maximum Gasteiger partial charge on any atom is 0.321 e. The Hall–Kier alpha value is -3.68. The standard InChI is InChI=1S/C18H17N5O3/c1-25-16-10-13(6-9-19-16)12-22-17(24)23-14-4-2-5-15(11-14)26-18-20-7-3-8-21-18/h2-11H,12H2,1H3,(H2,22,23,24). The summed E-state index contributed by atoms with van der Waals surface area (Å²) in [5.41, 5.74) is 1.47. The number of amides is 2. The summed E-state index contributed by atoms with van der Waals surface area (Å²) in [6, 6.07) is 12.1. The summed E-state index contributed by atoms with van der Waals surface area (Å²) in [6.07, 6.45) is 4.80. The van der Waals surface area contributed by atoms with Gasteiger partial charge in [-0.05, 0) is 29.8 Å². The van der Waals surface area contributed by atoms with Crippen LogP contribution >= 0.6 is 0 Å². The Balaban J connectivity index is 1.56. The van der Waals surface area contributed by atoms with E-state index in [2.05, 4.69) is 25.6 Å². The lowest BCUT2D eigenvalue weighted by Gasteiger charge is -2.09. The van der Waals surface area contributed by atoms with Crippen LogP contribution in [0.25, 0.3) is 0 Å². The van der Waals surface area contributed by atoms with E-state index in [0.717, 1.165) is 5.56 Å². The molecule has 132 valence electrons. The molecule has 2 amide bonds. The Morgan fingerprint density at radius 3 is 2.69 bits per heavy atom. The van der Waals surface area contributed by atoms with Crippen molar-refractivity contribution in [3.63, 3.8) is 0 Å². The van der Waals surface area contributed by atoms with Crippen LogP contribution in [-0.4, -0.2) is 28.1 Å². The van der Waals surface area contributed by atoms with Crippen LogP contribution in [0.3, 0.4) is 0 Å². The Morgan fingerprint density at radius 2 is 1.88 bits per heavy atom. The quantitative estimate of drug-likeness (QED) is 0.708. The van der Waals surface area contributed by atoms with Gasteiger partial charge in [-0.15, -0.1) is 0 Å². The molecule has 0 spiro atoms. The van der Waals surface area contributed by atoms with Crippen LogP contribution in [0.1, 0.15) is 5.56 Å². The minimum Gasteiger partial charge on any atom is -0.481 e. The zero-order valence-electron chi connectivity index (χ0n) is 14.0. The average molecular weight is 351 g/mol. The highest BCUT2D eigenvalue weighted by molar-refractivity contribution is 5.89. The number of pyridine rings is 1. The normalized spacial score (nSPS) is 10.0. The lowest BCUT2D eigenvalue weighted by atomic mass is 10.2. The number of aromatic nitrogens is 3. The van der Waals surface area contributed by atoms with Crippen molar-refractivity contribution in [3.8, 4) is 17.6 Å². The summed E-state index contributed by atoms with van der Waals surface area (Å²) < 4.78 is 10.6. The molecule has 2 aromatic heterocycles. The van der Waals surface area contributed by atoms with Gasteiger partial charge in [0.15, 0.2) is 0 Å². The van der Waals surface area contributed by atoms with E-state index < -0.39 is 0 Å². The highest BCUT2D eigenvalue weighted by Crippen LogP contribution is 2.21. The van der Waals surface area contributed by atoms with E-state index in [1.807, 2.05) is 0 Å². The van der Waals surface area contributed by atoms with Gasteiger partial charge in [-0.2, -0.15) is 0 Å². The second-order valence-corrected chi connectivity index (χ2v) is 5.18. The van der Waals surface area contributed by atoms with Crippen molar-refractivity contribution in [3.05, 3.63) is 66.6 Å². The fourth-order valence-corrected chi connectivity index (χ4v) is 2.11. The minimum absolute atomic E-state index is 0.237. The van der Waals surface area contributed by atoms with Crippen molar-refractivity contribution < 1.29 is 14.3 Å². The first-order valence-electron chi connectivity index (χ1n) is 7.81. The molecule has 0 aliphatic rings. The molecule has 3 rings (SSSR count). The Kier molecular flexibility index (Phi) is 5.56. The molecule has 2 N–H and O–H groups in total. The molecule has 0 saturated carbocycles. The van der Waals surface area contributed by atoms with Gasteiger partial charge in [-0.3, -0.25) is 0 Å². The number of methoxy groups -OCH3 is 1. The van der Waals surface area contributed by atoms with Crippen LogP contribution in [0, 0.1) is 0 Å². The number of nitrogens with one attached hydrogen (secondary N) is 2. The molecule has 0 fully saturated rings. The van der Waals surface area contributed by atoms with Crippen LogP contribution in [-0.2, 0) is 6.54 Å². The molecular formula is C18H17N5O3. The van der Waals surface area contributed by atoms with Gasteiger partial charge in [0.05, 0.1) is 7.11 Å². The van der Waals surface area contributed by atoms with Crippen LogP contribution < -0.4 is 20.1 Å². The van der Waals surface area contributed by atoms with Crippen molar-refractivity contribution in [2.75, 3.05) is 12.4 Å². The second-order valence-electron chi connectivity index (χ2n) is 5.18. The maximum atomic E-state index is 12.1. The number of ether oxygens (including phenoxy) is 2. The molecule has 8 nitrogen and oxygen atoms in total. The Bertz CT molecular complexity index is 873. The SMILES string of the molecule is COc1cc(CNC(=O)Nc2cccc(Oc3ncccn3)c2)ccn1. The number of benzene rings is 1. The summed E-state index contributed by atoms with van der Waals surface area (Å²) in [7, 11) is 1.54. The number of rotatable bonds is 6. The van der Waals surface area contributed by atoms with E-state index in [4.69, 9.17) is 9.47 Å². The maximum absolute atomic E-state index is 12.1. The van der Waals surface area contributed by atoms with E-state index in [1.165, 1.54) is 0 Å². The van der Waals surface area contributed by atoms with E-state index in [9.17, 15) is 4.79 Å². The largest absolute Gasteiger partial charge is 0.481 e. The van der Waals surface area contributed by atoms with E-state index in [1.54, 1.807) is 68.2 Å². The molecule has 2 heterocycles. The van der Waals surface area contributed by atoms with Gasteiger partial charge in [-0.25, -0.2) is 19.7 Å². The fraction of sp³-hybridized carbons (Fsp3) is 0.111. The van der Waals surface area contributed by atoms with Crippen molar-refractivity contribution in [1.29, 1.82) is 0 Å². The molecule has 0 atom stereocenters. The second kappa shape index (κ2) is 8.43. The molecule has 0 saturated heterocycles. The molecular weight excluding hydrogens is 334 g/mol. The van der Waals surface area contributed by atoms with Crippen LogP contribution in [0.4, 0.5) is 10.5 Å². The molecule has 0 unspecified atom stereocenters. The summed E-state index contributed by atoms with van der Waals surface area (Å²) >= 11 is 0. The smallest absolute Gasteiger partial charge is 0.321 e. The van der Waals surface area contributed by atoms with E-state index in [-0.39, 0.29) is 12.0 Å². The molecule has 0 radical (unpaired) electrons. The van der Waals surface area contributed by atoms with Crippen LogP contribution in [0.5, 0.6) is 17.6 Å². The van der Waals surface area contributed by atoms with Crippen molar-refractivity contribution in [2.24, 2.45) is 0 Å². The first kappa shape index (κ1) is 17.2. The third kappa shape index (κ3) is 4.91. The lowest BCUT2D eigenvalue weighted by Crippen LogP contribution is -2.28. The number of anilines is 1. The van der Waals surface area contributed by atoms with Gasteiger partial charge >= 0.3 is 12.0 Å². The molecule has 3 aromatic rings. The van der Waals surface area contributed by atoms with Crippen molar-refractivity contribution >= 4 is 11.7 Å². The first-order valence-corrected chi connectivity index (χ1v) is 7.81. The predicted octanol–water partition coefficient (Wildman–Crippen LogP) is 2.99. The monoisotopic (exact) mass is 351 g/mol. The highest BCUT2D eigenvalue weighted by Gasteiger charge is 2.05. The van der Waals surface area contributed by atoms with Crippen LogP contribution in [0.15, 0.2) is 61.1 Å². The molecule has 0 aliphatic carbocycles. The third-order valence-corrected chi connectivity index (χ3v) is 3.30. The van der Waals surface area contributed by atoms with Crippen molar-refractivity contribution in [1.82, 2.24) is 20.3 Å². The van der Waals surface area contributed by atoms with Gasteiger partial charge in [0.25, 0.3) is 0 Å². The number of nitrogens with zero attached hydrogens (tertiary/aromatic N) is 3. The van der Waals surface area contributed by atoms with Gasteiger partial charge in [0.1, 0.15) is 5.75 Å². The van der Waals surface area contributed by atoms with Crippen molar-refractivity contribution in [2.45, 2.75) is 6.54 Å². The summed E-state index contributed by atoms with van der Waals surface area (Å²) in [5.74, 6) is 1.02. The van der Waals surface area contributed by atoms with Crippen LogP contribution in [0.2, 0.25) is 0 Å². The average Bonchev–Trinajstić information content (AvgIpc) is 2.68. The zero-order chi connectivity index (χ0) is 18.2. The van der Waals surface area contributed by atoms with Gasteiger partial charge in [0, 0.05) is 43.0 Å². The summed E-state index contributed by atoms with van der Waals surface area (Å²) in [4.78, 5) is 24.1. The molecule has 1 aromatic carbocycles. The van der Waals surface area contributed by atoms with Gasteiger partial charge < -0.3 is 20.1 Å². The topological polar surface area (TPSA) is 98.3 Å². The summed E-state index contributed by atoms with van der Waals surface area (Å²) in [5, 5.41) is 5.52. The van der Waals surface area contributed by atoms with Gasteiger partial charge in [0.2, 0.25) is 5.88 Å². The number of urea groups is 1. The van der Waals surface area contributed by atoms with E-state index in [0.29, 0.717) is 23.9 Å². The predicted molar refractivity (Wildman–Crippen MR) is 95.2 cm³/mol.